The van der Waals surface area contributed by atoms with E-state index in [1.807, 2.05) is 30.3 Å². The second-order valence-corrected chi connectivity index (χ2v) is 8.84. The standard InChI is InChI=1S/C23H25FN4O2S/c24-19-8-6-16(7-9-19)14-25-22(30)23-27-26-20(31-23)15-28-12-10-18(11-13-28)21(29)17-4-2-1-3-5-17/h1-9,18,21,29H,10-15H2,(H,25,30). The number of amides is 1. The number of likely N-dealkylation sites (tertiary alicyclic amines) is 1. The highest BCUT2D eigenvalue weighted by Crippen LogP contribution is 2.31. The van der Waals surface area contributed by atoms with Crippen molar-refractivity contribution in [1.82, 2.24) is 20.4 Å². The fourth-order valence-electron chi connectivity index (χ4n) is 3.81. The first-order valence-electron chi connectivity index (χ1n) is 10.4. The van der Waals surface area contributed by atoms with E-state index in [9.17, 15) is 14.3 Å². The number of rotatable bonds is 7. The number of carbonyl (C=O) groups excluding carboxylic acids is 1. The molecule has 0 aliphatic carbocycles. The van der Waals surface area contributed by atoms with Crippen LogP contribution in [0.4, 0.5) is 4.39 Å². The maximum Gasteiger partial charge on any atom is 0.282 e. The molecule has 0 bridgehead atoms. The first-order valence-corrected chi connectivity index (χ1v) is 11.2. The molecule has 1 atom stereocenters. The molecule has 4 rings (SSSR count). The van der Waals surface area contributed by atoms with Crippen LogP contribution < -0.4 is 5.32 Å². The normalized spacial score (nSPS) is 16.2. The Morgan fingerprint density at radius 2 is 1.84 bits per heavy atom. The highest BCUT2D eigenvalue weighted by atomic mass is 32.1. The number of nitrogens with zero attached hydrogens (tertiary/aromatic N) is 3. The molecule has 3 aromatic rings. The lowest BCUT2D eigenvalue weighted by molar-refractivity contribution is 0.0567. The summed E-state index contributed by atoms with van der Waals surface area (Å²) in [5.74, 6) is -0.332. The monoisotopic (exact) mass is 440 g/mol. The minimum absolute atomic E-state index is 0.251. The average Bonchev–Trinajstić information content (AvgIpc) is 3.28. The van der Waals surface area contributed by atoms with E-state index in [-0.39, 0.29) is 17.6 Å². The van der Waals surface area contributed by atoms with E-state index in [0.29, 0.717) is 18.1 Å². The van der Waals surface area contributed by atoms with Gasteiger partial charge in [0.05, 0.1) is 12.6 Å². The zero-order valence-electron chi connectivity index (χ0n) is 17.1. The molecule has 1 amide bonds. The summed E-state index contributed by atoms with van der Waals surface area (Å²) in [5.41, 5.74) is 1.79. The number of benzene rings is 2. The van der Waals surface area contributed by atoms with E-state index in [4.69, 9.17) is 0 Å². The van der Waals surface area contributed by atoms with Crippen molar-refractivity contribution in [3.8, 4) is 0 Å². The summed E-state index contributed by atoms with van der Waals surface area (Å²) in [6.45, 7) is 2.71. The van der Waals surface area contributed by atoms with Gasteiger partial charge in [0.1, 0.15) is 10.8 Å². The predicted octanol–water partition coefficient (Wildman–Crippen LogP) is 3.55. The van der Waals surface area contributed by atoms with E-state index in [1.165, 1.54) is 23.5 Å². The number of halogens is 1. The van der Waals surface area contributed by atoms with Crippen molar-refractivity contribution in [1.29, 1.82) is 0 Å². The first-order chi connectivity index (χ1) is 15.1. The smallest absolute Gasteiger partial charge is 0.282 e. The molecule has 2 N–H and O–H groups in total. The van der Waals surface area contributed by atoms with Gasteiger partial charge in [-0.1, -0.05) is 53.8 Å². The summed E-state index contributed by atoms with van der Waals surface area (Å²) in [5, 5.41) is 22.7. The predicted molar refractivity (Wildman–Crippen MR) is 117 cm³/mol. The Balaban J connectivity index is 1.24. The number of aliphatic hydroxyl groups is 1. The fraction of sp³-hybridized carbons (Fsp3) is 0.348. The van der Waals surface area contributed by atoms with Gasteiger partial charge in [0.25, 0.3) is 5.91 Å². The Hall–Kier alpha value is -2.68. The van der Waals surface area contributed by atoms with Crippen molar-refractivity contribution in [3.63, 3.8) is 0 Å². The Bertz CT molecular complexity index is 988. The van der Waals surface area contributed by atoms with Gasteiger partial charge in [-0.3, -0.25) is 9.69 Å². The first kappa shape index (κ1) is 21.5. The minimum atomic E-state index is -0.429. The molecule has 1 saturated heterocycles. The van der Waals surface area contributed by atoms with E-state index in [2.05, 4.69) is 20.4 Å². The largest absolute Gasteiger partial charge is 0.388 e. The van der Waals surface area contributed by atoms with Crippen LogP contribution in [0.5, 0.6) is 0 Å². The lowest BCUT2D eigenvalue weighted by Crippen LogP contribution is -2.35. The molecule has 1 aliphatic heterocycles. The number of aromatic nitrogens is 2. The van der Waals surface area contributed by atoms with Gasteiger partial charge in [-0.15, -0.1) is 10.2 Å². The molecule has 0 radical (unpaired) electrons. The summed E-state index contributed by atoms with van der Waals surface area (Å²) >= 11 is 1.29. The highest BCUT2D eigenvalue weighted by molar-refractivity contribution is 7.13. The van der Waals surface area contributed by atoms with Gasteiger partial charge >= 0.3 is 0 Å². The molecule has 2 heterocycles. The number of hydrogen-bond acceptors (Lipinski definition) is 6. The lowest BCUT2D eigenvalue weighted by atomic mass is 9.87. The van der Waals surface area contributed by atoms with Crippen LogP contribution >= 0.6 is 11.3 Å². The minimum Gasteiger partial charge on any atom is -0.388 e. The van der Waals surface area contributed by atoms with Gasteiger partial charge in [0.2, 0.25) is 5.01 Å². The van der Waals surface area contributed by atoms with Crippen LogP contribution in [0.1, 0.15) is 44.9 Å². The molecular weight excluding hydrogens is 415 g/mol. The van der Waals surface area contributed by atoms with Crippen molar-refractivity contribution in [2.45, 2.75) is 32.0 Å². The van der Waals surface area contributed by atoms with E-state index in [1.54, 1.807) is 12.1 Å². The Kier molecular flexibility index (Phi) is 7.01. The lowest BCUT2D eigenvalue weighted by Gasteiger charge is -2.33. The quantitative estimate of drug-likeness (QED) is 0.588. The summed E-state index contributed by atoms with van der Waals surface area (Å²) in [6, 6.07) is 15.8. The van der Waals surface area contributed by atoms with Crippen LogP contribution in [0.15, 0.2) is 54.6 Å². The molecule has 2 aromatic carbocycles. The highest BCUT2D eigenvalue weighted by Gasteiger charge is 2.27. The third-order valence-corrected chi connectivity index (χ3v) is 6.51. The molecule has 31 heavy (non-hydrogen) atoms. The summed E-state index contributed by atoms with van der Waals surface area (Å²) in [6.07, 6.45) is 1.40. The van der Waals surface area contributed by atoms with Crippen LogP contribution in [0, 0.1) is 11.7 Å². The molecule has 6 nitrogen and oxygen atoms in total. The second-order valence-electron chi connectivity index (χ2n) is 7.78. The maximum absolute atomic E-state index is 13.0. The zero-order valence-corrected chi connectivity index (χ0v) is 17.9. The van der Waals surface area contributed by atoms with Crippen molar-refractivity contribution >= 4 is 17.2 Å². The number of nitrogens with one attached hydrogen (secondary N) is 1. The van der Waals surface area contributed by atoms with E-state index in [0.717, 1.165) is 42.1 Å². The average molecular weight is 441 g/mol. The van der Waals surface area contributed by atoms with Gasteiger partial charge in [0.15, 0.2) is 0 Å². The molecule has 1 aliphatic rings. The number of piperidine rings is 1. The maximum atomic E-state index is 13.0. The molecule has 0 saturated carbocycles. The Morgan fingerprint density at radius 3 is 2.55 bits per heavy atom. The molecular formula is C23H25FN4O2S. The van der Waals surface area contributed by atoms with Crippen molar-refractivity contribution in [3.05, 3.63) is 81.6 Å². The van der Waals surface area contributed by atoms with Crippen molar-refractivity contribution in [2.75, 3.05) is 13.1 Å². The topological polar surface area (TPSA) is 78.4 Å². The van der Waals surface area contributed by atoms with Crippen LogP contribution in [-0.4, -0.2) is 39.2 Å². The van der Waals surface area contributed by atoms with Crippen LogP contribution in [0.3, 0.4) is 0 Å². The van der Waals surface area contributed by atoms with Crippen LogP contribution in [-0.2, 0) is 13.1 Å². The molecule has 162 valence electrons. The van der Waals surface area contributed by atoms with Crippen LogP contribution in [0.2, 0.25) is 0 Å². The third-order valence-electron chi connectivity index (χ3n) is 5.61. The van der Waals surface area contributed by atoms with Crippen LogP contribution in [0.25, 0.3) is 0 Å². The SMILES string of the molecule is O=C(NCc1ccc(F)cc1)c1nnc(CN2CCC(C(O)c3ccccc3)CC2)s1. The summed E-state index contributed by atoms with van der Waals surface area (Å²) < 4.78 is 13.0. The molecule has 1 fully saturated rings. The van der Waals surface area contributed by atoms with Gasteiger partial charge in [0, 0.05) is 6.54 Å². The molecule has 8 heteroatoms. The van der Waals surface area contributed by atoms with Crippen molar-refractivity contribution < 1.29 is 14.3 Å². The Morgan fingerprint density at radius 1 is 1.13 bits per heavy atom. The second kappa shape index (κ2) is 10.1. The van der Waals surface area contributed by atoms with Crippen molar-refractivity contribution in [2.24, 2.45) is 5.92 Å². The molecule has 1 unspecified atom stereocenters. The summed E-state index contributed by atoms with van der Waals surface area (Å²) in [7, 11) is 0. The van der Waals surface area contributed by atoms with Gasteiger partial charge in [-0.2, -0.15) is 0 Å². The van der Waals surface area contributed by atoms with Gasteiger partial charge in [-0.25, -0.2) is 4.39 Å². The van der Waals surface area contributed by atoms with Gasteiger partial charge < -0.3 is 10.4 Å². The number of hydrogen-bond donors (Lipinski definition) is 2. The summed E-state index contributed by atoms with van der Waals surface area (Å²) in [4.78, 5) is 14.6. The molecule has 0 spiro atoms. The number of carbonyl (C=O) groups is 1. The number of aliphatic hydroxyl groups excluding tert-OH is 1. The zero-order chi connectivity index (χ0) is 21.6. The molecule has 1 aromatic heterocycles. The fourth-order valence-corrected chi connectivity index (χ4v) is 4.61. The Labute approximate surface area is 184 Å². The van der Waals surface area contributed by atoms with E-state index < -0.39 is 6.10 Å². The third kappa shape index (κ3) is 5.72. The van der Waals surface area contributed by atoms with E-state index >= 15 is 0 Å². The van der Waals surface area contributed by atoms with Gasteiger partial charge in [-0.05, 0) is 55.1 Å².